The molecular weight excluding hydrogens is 380 g/mol. The first-order valence-electron chi connectivity index (χ1n) is 12.7. The van der Waals surface area contributed by atoms with Gasteiger partial charge in [-0.25, -0.2) is 0 Å². The maximum atomic E-state index is 6.08. The molecule has 0 fully saturated rings. The van der Waals surface area contributed by atoms with Crippen LogP contribution < -0.4 is 4.74 Å². The van der Waals surface area contributed by atoms with E-state index in [4.69, 9.17) is 9.47 Å². The second-order valence-corrected chi connectivity index (χ2v) is 8.63. The van der Waals surface area contributed by atoms with Crippen molar-refractivity contribution >= 4 is 0 Å². The van der Waals surface area contributed by atoms with Crippen LogP contribution in [0, 0.1) is 0 Å². The monoisotopic (exact) mass is 424 g/mol. The molecule has 0 amide bonds. The Morgan fingerprint density at radius 3 is 1.61 bits per heavy atom. The quantitative estimate of drug-likeness (QED) is 0.236. The standard InChI is InChI=1S/C29H44O2/c1-4-6-7-8-9-10-11-12-13-14-15-24-31-25(3)26-16-18-27(19-17-26)28-20-22-29(23-21-28)30-5-2/h16-23,25H,4-15,24H2,1-3H3. The summed E-state index contributed by atoms with van der Waals surface area (Å²) in [7, 11) is 0. The van der Waals surface area contributed by atoms with Crippen molar-refractivity contribution < 1.29 is 9.47 Å². The first-order valence-corrected chi connectivity index (χ1v) is 12.7. The molecule has 0 saturated heterocycles. The number of ether oxygens (including phenoxy) is 2. The molecule has 2 rings (SSSR count). The summed E-state index contributed by atoms with van der Waals surface area (Å²) in [6, 6.07) is 17.1. The van der Waals surface area contributed by atoms with E-state index < -0.39 is 0 Å². The number of unbranched alkanes of at least 4 members (excludes halogenated alkanes) is 10. The van der Waals surface area contributed by atoms with E-state index in [1.165, 1.54) is 87.3 Å². The highest BCUT2D eigenvalue weighted by Crippen LogP contribution is 2.25. The Morgan fingerprint density at radius 2 is 1.10 bits per heavy atom. The van der Waals surface area contributed by atoms with E-state index in [9.17, 15) is 0 Å². The molecule has 0 N–H and O–H groups in total. The zero-order chi connectivity index (χ0) is 22.2. The third-order valence-electron chi connectivity index (χ3n) is 5.99. The topological polar surface area (TPSA) is 18.5 Å². The van der Waals surface area contributed by atoms with E-state index in [2.05, 4.69) is 50.2 Å². The van der Waals surface area contributed by atoms with Crippen LogP contribution in [-0.2, 0) is 4.74 Å². The third kappa shape index (κ3) is 10.4. The molecule has 0 aliphatic rings. The SMILES string of the molecule is CCCCCCCCCCCCCOC(C)c1ccc(-c2ccc(OCC)cc2)cc1. The number of hydrogen-bond donors (Lipinski definition) is 0. The molecule has 0 aliphatic carbocycles. The summed E-state index contributed by atoms with van der Waals surface area (Å²) in [5.41, 5.74) is 3.69. The largest absolute Gasteiger partial charge is 0.494 e. The lowest BCUT2D eigenvalue weighted by Crippen LogP contribution is -2.01. The van der Waals surface area contributed by atoms with E-state index in [1.54, 1.807) is 0 Å². The molecule has 0 spiro atoms. The van der Waals surface area contributed by atoms with Crippen LogP contribution in [0.15, 0.2) is 48.5 Å². The molecule has 1 atom stereocenters. The molecule has 0 aliphatic heterocycles. The Kier molecular flexibility index (Phi) is 13.1. The number of benzene rings is 2. The zero-order valence-electron chi connectivity index (χ0n) is 20.2. The van der Waals surface area contributed by atoms with Crippen molar-refractivity contribution in [3.63, 3.8) is 0 Å². The van der Waals surface area contributed by atoms with Crippen molar-refractivity contribution in [2.24, 2.45) is 0 Å². The summed E-state index contributed by atoms with van der Waals surface area (Å²) in [4.78, 5) is 0. The Morgan fingerprint density at radius 1 is 0.613 bits per heavy atom. The minimum absolute atomic E-state index is 0.150. The fraction of sp³-hybridized carbons (Fsp3) is 0.586. The van der Waals surface area contributed by atoms with Crippen molar-refractivity contribution in [2.75, 3.05) is 13.2 Å². The lowest BCUT2D eigenvalue weighted by molar-refractivity contribution is 0.0627. The molecule has 0 heterocycles. The Bertz CT molecular complexity index is 675. The van der Waals surface area contributed by atoms with Gasteiger partial charge in [-0.1, -0.05) is 108 Å². The van der Waals surface area contributed by atoms with E-state index in [1.807, 2.05) is 19.1 Å². The van der Waals surface area contributed by atoms with E-state index in [-0.39, 0.29) is 6.10 Å². The van der Waals surface area contributed by atoms with Gasteiger partial charge in [-0.05, 0) is 49.1 Å². The summed E-state index contributed by atoms with van der Waals surface area (Å²) in [6.45, 7) is 8.01. The Hall–Kier alpha value is -1.80. The van der Waals surface area contributed by atoms with E-state index in [0.717, 1.165) is 12.4 Å². The highest BCUT2D eigenvalue weighted by molar-refractivity contribution is 5.64. The van der Waals surface area contributed by atoms with Crippen molar-refractivity contribution in [1.29, 1.82) is 0 Å². The number of hydrogen-bond acceptors (Lipinski definition) is 2. The third-order valence-corrected chi connectivity index (χ3v) is 5.99. The summed E-state index contributed by atoms with van der Waals surface area (Å²) in [5, 5.41) is 0. The first-order chi connectivity index (χ1) is 15.2. The summed E-state index contributed by atoms with van der Waals surface area (Å²) < 4.78 is 11.6. The van der Waals surface area contributed by atoms with Crippen LogP contribution in [0.25, 0.3) is 11.1 Å². The molecule has 0 aromatic heterocycles. The normalized spacial score (nSPS) is 12.1. The van der Waals surface area contributed by atoms with E-state index in [0.29, 0.717) is 6.61 Å². The second-order valence-electron chi connectivity index (χ2n) is 8.63. The van der Waals surface area contributed by atoms with Crippen LogP contribution in [0.1, 0.15) is 103 Å². The van der Waals surface area contributed by atoms with Crippen molar-refractivity contribution in [3.05, 3.63) is 54.1 Å². The van der Waals surface area contributed by atoms with Crippen LogP contribution in [0.5, 0.6) is 5.75 Å². The molecular formula is C29H44O2. The molecule has 172 valence electrons. The Labute approximate surface area is 191 Å². The number of rotatable bonds is 17. The maximum Gasteiger partial charge on any atom is 0.119 e. The van der Waals surface area contributed by atoms with E-state index >= 15 is 0 Å². The van der Waals surface area contributed by atoms with Gasteiger partial charge in [0.25, 0.3) is 0 Å². The molecule has 0 radical (unpaired) electrons. The minimum Gasteiger partial charge on any atom is -0.494 e. The Balaban J connectivity index is 1.57. The second kappa shape index (κ2) is 15.9. The van der Waals surface area contributed by atoms with Crippen LogP contribution in [0.3, 0.4) is 0 Å². The fourth-order valence-corrected chi connectivity index (χ4v) is 3.98. The maximum absolute atomic E-state index is 6.08. The summed E-state index contributed by atoms with van der Waals surface area (Å²) in [5.74, 6) is 0.923. The molecule has 31 heavy (non-hydrogen) atoms. The molecule has 2 aromatic rings. The molecule has 2 nitrogen and oxygen atoms in total. The van der Waals surface area contributed by atoms with Gasteiger partial charge in [0, 0.05) is 6.61 Å². The van der Waals surface area contributed by atoms with Gasteiger partial charge in [-0.2, -0.15) is 0 Å². The van der Waals surface area contributed by atoms with Crippen molar-refractivity contribution in [1.82, 2.24) is 0 Å². The van der Waals surface area contributed by atoms with Gasteiger partial charge in [-0.15, -0.1) is 0 Å². The highest BCUT2D eigenvalue weighted by Gasteiger charge is 2.06. The lowest BCUT2D eigenvalue weighted by Gasteiger charge is -2.14. The predicted octanol–water partition coefficient (Wildman–Crippen LogP) is 9.14. The summed E-state index contributed by atoms with van der Waals surface area (Å²) in [6.07, 6.45) is 15.2. The molecule has 0 saturated carbocycles. The lowest BCUT2D eigenvalue weighted by atomic mass is 10.0. The molecule has 2 aromatic carbocycles. The van der Waals surface area contributed by atoms with Crippen molar-refractivity contribution in [3.8, 4) is 16.9 Å². The van der Waals surface area contributed by atoms with Gasteiger partial charge in [0.05, 0.1) is 12.7 Å². The van der Waals surface area contributed by atoms with Crippen LogP contribution in [-0.4, -0.2) is 13.2 Å². The zero-order valence-corrected chi connectivity index (χ0v) is 20.2. The summed E-state index contributed by atoms with van der Waals surface area (Å²) >= 11 is 0. The van der Waals surface area contributed by atoms with Crippen molar-refractivity contribution in [2.45, 2.75) is 97.5 Å². The smallest absolute Gasteiger partial charge is 0.119 e. The fourth-order valence-electron chi connectivity index (χ4n) is 3.98. The van der Waals surface area contributed by atoms with Gasteiger partial charge < -0.3 is 9.47 Å². The van der Waals surface area contributed by atoms with Crippen LogP contribution in [0.4, 0.5) is 0 Å². The van der Waals surface area contributed by atoms with Crippen LogP contribution >= 0.6 is 0 Å². The predicted molar refractivity (Wildman–Crippen MR) is 134 cm³/mol. The van der Waals surface area contributed by atoms with Gasteiger partial charge in [0.15, 0.2) is 0 Å². The van der Waals surface area contributed by atoms with Gasteiger partial charge in [-0.3, -0.25) is 0 Å². The van der Waals surface area contributed by atoms with Gasteiger partial charge in [0.2, 0.25) is 0 Å². The van der Waals surface area contributed by atoms with Gasteiger partial charge in [0.1, 0.15) is 5.75 Å². The average molecular weight is 425 g/mol. The molecule has 1 unspecified atom stereocenters. The molecule has 2 heteroatoms. The minimum atomic E-state index is 0.150. The first kappa shape index (κ1) is 25.5. The van der Waals surface area contributed by atoms with Crippen LogP contribution in [0.2, 0.25) is 0 Å². The average Bonchev–Trinajstić information content (AvgIpc) is 2.80. The van der Waals surface area contributed by atoms with Gasteiger partial charge >= 0.3 is 0 Å². The highest BCUT2D eigenvalue weighted by atomic mass is 16.5. The molecule has 0 bridgehead atoms.